The minimum atomic E-state index is 0.0486. The minimum absolute atomic E-state index is 0.0486. The number of nitrogens with one attached hydrogen (secondary N) is 2. The molecule has 0 fully saturated rings. The third kappa shape index (κ3) is 5.38. The van der Waals surface area contributed by atoms with Gasteiger partial charge in [-0.25, -0.2) is 0 Å². The summed E-state index contributed by atoms with van der Waals surface area (Å²) in [6.07, 6.45) is 1.45. The van der Waals surface area contributed by atoms with Crippen molar-refractivity contribution in [2.24, 2.45) is 0 Å². The molecule has 1 aromatic rings. The second-order valence-electron chi connectivity index (χ2n) is 4.91. The van der Waals surface area contributed by atoms with Crippen LogP contribution in [0.25, 0.3) is 0 Å². The van der Waals surface area contributed by atoms with Crippen LogP contribution in [0.5, 0.6) is 5.75 Å². The summed E-state index contributed by atoms with van der Waals surface area (Å²) in [5, 5.41) is 6.00. The van der Waals surface area contributed by atoms with Crippen LogP contribution in [0.1, 0.15) is 33.6 Å². The van der Waals surface area contributed by atoms with Crippen molar-refractivity contribution in [3.05, 3.63) is 18.2 Å². The van der Waals surface area contributed by atoms with E-state index in [4.69, 9.17) is 10.5 Å². The molecule has 0 aromatic heterocycles. The zero-order chi connectivity index (χ0) is 15.0. The summed E-state index contributed by atoms with van der Waals surface area (Å²) in [5.41, 5.74) is 7.42. The number of benzene rings is 1. The first-order valence-corrected chi connectivity index (χ1v) is 7.10. The number of hydrogen-bond acceptors (Lipinski definition) is 4. The molecule has 0 unspecified atom stereocenters. The van der Waals surface area contributed by atoms with E-state index in [2.05, 4.69) is 10.6 Å². The first-order valence-electron chi connectivity index (χ1n) is 7.10. The number of nitrogens with two attached hydrogens (primary N) is 1. The Balaban J connectivity index is 2.50. The molecule has 0 spiro atoms. The Morgan fingerprint density at radius 2 is 2.10 bits per heavy atom. The maximum absolute atomic E-state index is 11.5. The van der Waals surface area contributed by atoms with Gasteiger partial charge in [-0.1, -0.05) is 13.0 Å². The highest BCUT2D eigenvalue weighted by molar-refractivity contribution is 5.77. The SMILES string of the molecule is CCCNC(=O)CCNc1cccc(OC(C)C)c1N. The number of amides is 1. The average molecular weight is 279 g/mol. The summed E-state index contributed by atoms with van der Waals surface area (Å²) in [4.78, 5) is 11.5. The molecule has 0 aliphatic heterocycles. The zero-order valence-corrected chi connectivity index (χ0v) is 12.5. The predicted octanol–water partition coefficient (Wildman–Crippen LogP) is 2.38. The van der Waals surface area contributed by atoms with Gasteiger partial charge in [0.2, 0.25) is 5.91 Å². The van der Waals surface area contributed by atoms with Crippen LogP contribution in [0.15, 0.2) is 18.2 Å². The number of rotatable bonds is 8. The Bertz CT molecular complexity index is 433. The van der Waals surface area contributed by atoms with Gasteiger partial charge in [-0.05, 0) is 32.4 Å². The molecule has 0 saturated carbocycles. The fourth-order valence-corrected chi connectivity index (χ4v) is 1.72. The predicted molar refractivity (Wildman–Crippen MR) is 83.0 cm³/mol. The zero-order valence-electron chi connectivity index (χ0n) is 12.5. The van der Waals surface area contributed by atoms with Gasteiger partial charge < -0.3 is 21.1 Å². The summed E-state index contributed by atoms with van der Waals surface area (Å²) >= 11 is 0. The lowest BCUT2D eigenvalue weighted by molar-refractivity contribution is -0.120. The van der Waals surface area contributed by atoms with Crippen molar-refractivity contribution in [1.82, 2.24) is 5.32 Å². The van der Waals surface area contributed by atoms with Crippen molar-refractivity contribution in [3.8, 4) is 5.75 Å². The van der Waals surface area contributed by atoms with Crippen LogP contribution in [0.3, 0.4) is 0 Å². The summed E-state index contributed by atoms with van der Waals surface area (Å²) in [7, 11) is 0. The van der Waals surface area contributed by atoms with Crippen LogP contribution in [-0.4, -0.2) is 25.1 Å². The van der Waals surface area contributed by atoms with Crippen molar-refractivity contribution in [3.63, 3.8) is 0 Å². The third-order valence-electron chi connectivity index (χ3n) is 2.67. The van der Waals surface area contributed by atoms with E-state index in [1.54, 1.807) is 0 Å². The Morgan fingerprint density at radius 1 is 1.35 bits per heavy atom. The minimum Gasteiger partial charge on any atom is -0.489 e. The molecule has 1 aromatic carbocycles. The van der Waals surface area contributed by atoms with Crippen LogP contribution in [0, 0.1) is 0 Å². The first kappa shape index (κ1) is 16.1. The van der Waals surface area contributed by atoms with Gasteiger partial charge >= 0.3 is 0 Å². The average Bonchev–Trinajstić information content (AvgIpc) is 2.40. The molecule has 0 bridgehead atoms. The third-order valence-corrected chi connectivity index (χ3v) is 2.67. The fraction of sp³-hybridized carbons (Fsp3) is 0.533. The second kappa shape index (κ2) is 8.30. The number of carbonyl (C=O) groups excluding carboxylic acids is 1. The highest BCUT2D eigenvalue weighted by Crippen LogP contribution is 2.29. The number of carbonyl (C=O) groups is 1. The van der Waals surface area contributed by atoms with Gasteiger partial charge in [-0.2, -0.15) is 0 Å². The van der Waals surface area contributed by atoms with Crippen molar-refractivity contribution in [1.29, 1.82) is 0 Å². The Labute approximate surface area is 120 Å². The van der Waals surface area contributed by atoms with Crippen LogP contribution in [0.4, 0.5) is 11.4 Å². The molecule has 112 valence electrons. The molecule has 0 atom stereocenters. The maximum Gasteiger partial charge on any atom is 0.221 e. The smallest absolute Gasteiger partial charge is 0.221 e. The first-order chi connectivity index (χ1) is 9.54. The number of para-hydroxylation sites is 1. The number of anilines is 2. The maximum atomic E-state index is 11.5. The molecule has 20 heavy (non-hydrogen) atoms. The lowest BCUT2D eigenvalue weighted by Crippen LogP contribution is -2.26. The van der Waals surface area contributed by atoms with Crippen molar-refractivity contribution in [2.45, 2.75) is 39.7 Å². The highest BCUT2D eigenvalue weighted by atomic mass is 16.5. The standard InChI is InChI=1S/C15H25N3O2/c1-4-9-18-14(19)8-10-17-12-6-5-7-13(15(12)16)20-11(2)3/h5-7,11,17H,4,8-10,16H2,1-3H3,(H,18,19). The monoisotopic (exact) mass is 279 g/mol. The fourth-order valence-electron chi connectivity index (χ4n) is 1.72. The van der Waals surface area contributed by atoms with E-state index < -0.39 is 0 Å². The topological polar surface area (TPSA) is 76.4 Å². The van der Waals surface area contributed by atoms with E-state index in [9.17, 15) is 4.79 Å². The number of hydrogen-bond donors (Lipinski definition) is 3. The van der Waals surface area contributed by atoms with Gasteiger partial charge in [0.15, 0.2) is 0 Å². The normalized spacial score (nSPS) is 10.4. The molecule has 1 rings (SSSR count). The van der Waals surface area contributed by atoms with E-state index in [0.717, 1.165) is 18.7 Å². The van der Waals surface area contributed by atoms with E-state index in [1.165, 1.54) is 0 Å². The summed E-state index contributed by atoms with van der Waals surface area (Å²) in [6, 6.07) is 5.61. The van der Waals surface area contributed by atoms with Gasteiger partial charge in [-0.15, -0.1) is 0 Å². The number of ether oxygens (including phenoxy) is 1. The molecule has 5 heteroatoms. The van der Waals surface area contributed by atoms with E-state index in [0.29, 0.717) is 24.4 Å². The molecular formula is C15H25N3O2. The molecule has 0 radical (unpaired) electrons. The largest absolute Gasteiger partial charge is 0.489 e. The Hall–Kier alpha value is -1.91. The quantitative estimate of drug-likeness (QED) is 0.639. The molecule has 5 nitrogen and oxygen atoms in total. The molecule has 1 amide bonds. The van der Waals surface area contributed by atoms with Gasteiger partial charge in [0.1, 0.15) is 5.75 Å². The van der Waals surface area contributed by atoms with Crippen LogP contribution >= 0.6 is 0 Å². The van der Waals surface area contributed by atoms with Gasteiger partial charge in [0.05, 0.1) is 17.5 Å². The molecule has 0 saturated heterocycles. The highest BCUT2D eigenvalue weighted by Gasteiger charge is 2.07. The molecule has 4 N–H and O–H groups in total. The second-order valence-corrected chi connectivity index (χ2v) is 4.91. The van der Waals surface area contributed by atoms with Crippen molar-refractivity contribution < 1.29 is 9.53 Å². The lowest BCUT2D eigenvalue weighted by atomic mass is 10.2. The molecule has 0 aliphatic rings. The van der Waals surface area contributed by atoms with Gasteiger partial charge in [0, 0.05) is 19.5 Å². The van der Waals surface area contributed by atoms with Crippen molar-refractivity contribution in [2.75, 3.05) is 24.1 Å². The van der Waals surface area contributed by atoms with E-state index in [-0.39, 0.29) is 12.0 Å². The Morgan fingerprint density at radius 3 is 2.75 bits per heavy atom. The molecule has 0 aliphatic carbocycles. The van der Waals surface area contributed by atoms with Gasteiger partial charge in [-0.3, -0.25) is 4.79 Å². The van der Waals surface area contributed by atoms with Crippen molar-refractivity contribution >= 4 is 17.3 Å². The Kier molecular flexibility index (Phi) is 6.70. The summed E-state index contributed by atoms with van der Waals surface area (Å²) in [5.74, 6) is 0.716. The van der Waals surface area contributed by atoms with Crippen LogP contribution < -0.4 is 21.1 Å². The van der Waals surface area contributed by atoms with Crippen LogP contribution in [-0.2, 0) is 4.79 Å². The summed E-state index contributed by atoms with van der Waals surface area (Å²) < 4.78 is 5.62. The van der Waals surface area contributed by atoms with E-state index >= 15 is 0 Å². The summed E-state index contributed by atoms with van der Waals surface area (Å²) in [6.45, 7) is 7.21. The molecular weight excluding hydrogens is 254 g/mol. The lowest BCUT2D eigenvalue weighted by Gasteiger charge is -2.15. The van der Waals surface area contributed by atoms with Crippen LogP contribution in [0.2, 0.25) is 0 Å². The molecule has 0 heterocycles. The van der Waals surface area contributed by atoms with Gasteiger partial charge in [0.25, 0.3) is 0 Å². The van der Waals surface area contributed by atoms with E-state index in [1.807, 2.05) is 39.0 Å². The number of nitrogen functional groups attached to an aromatic ring is 1.